The van der Waals surface area contributed by atoms with Gasteiger partial charge in [-0.2, -0.15) is 0 Å². The fraction of sp³-hybridized carbons (Fsp3) is 1.00. The van der Waals surface area contributed by atoms with Crippen LogP contribution in [0, 0.1) is 0 Å². The summed E-state index contributed by atoms with van der Waals surface area (Å²) in [5.74, 6) is 0. The van der Waals surface area contributed by atoms with Crippen LogP contribution in [-0.4, -0.2) is 131 Å². The van der Waals surface area contributed by atoms with E-state index in [1.54, 1.807) is 0 Å². The minimum absolute atomic E-state index is 0.548. The first kappa shape index (κ1) is 34.6. The Bertz CT molecular complexity index is 377. The predicted molar refractivity (Wildman–Crippen MR) is 138 cm³/mol. The van der Waals surface area contributed by atoms with E-state index in [1.807, 2.05) is 14.1 Å². The van der Waals surface area contributed by atoms with Gasteiger partial charge in [-0.25, -0.2) is 0 Å². The summed E-state index contributed by atoms with van der Waals surface area (Å²) in [7, 11) is 4.05. The van der Waals surface area contributed by atoms with Crippen molar-refractivity contribution in [3.05, 3.63) is 0 Å². The lowest BCUT2D eigenvalue weighted by atomic mass is 10.1. The second kappa shape index (κ2) is 31.7. The normalized spacial score (nSPS) is 11.7. The van der Waals surface area contributed by atoms with E-state index in [1.165, 1.54) is 32.1 Å². The van der Waals surface area contributed by atoms with Crippen LogP contribution in [0.4, 0.5) is 0 Å². The van der Waals surface area contributed by atoms with Crippen molar-refractivity contribution in [3.63, 3.8) is 0 Å². The Balaban J connectivity index is 3.01. The van der Waals surface area contributed by atoms with Crippen molar-refractivity contribution in [1.29, 1.82) is 0 Å². The fourth-order valence-corrected chi connectivity index (χ4v) is 2.87. The maximum atomic E-state index is 5.57. The Morgan fingerprint density at radius 3 is 0.971 bits per heavy atom. The molecule has 0 N–H and O–H groups in total. The fourth-order valence-electron chi connectivity index (χ4n) is 2.87. The molecular formula is C26H55NO8. The molecule has 0 aliphatic carbocycles. The van der Waals surface area contributed by atoms with Gasteiger partial charge in [0.15, 0.2) is 0 Å². The average Bonchev–Trinajstić information content (AvgIpc) is 2.85. The summed E-state index contributed by atoms with van der Waals surface area (Å²) in [6.45, 7) is 12.8. The second-order valence-corrected chi connectivity index (χ2v) is 8.47. The Morgan fingerprint density at radius 2 is 0.629 bits per heavy atom. The van der Waals surface area contributed by atoms with Gasteiger partial charge in [0, 0.05) is 13.2 Å². The molecule has 0 atom stereocenters. The molecule has 212 valence electrons. The molecule has 0 aliphatic heterocycles. The smallest absolute Gasteiger partial charge is 0.0701 e. The van der Waals surface area contributed by atoms with Crippen LogP contribution in [-0.2, 0) is 37.9 Å². The Morgan fingerprint density at radius 1 is 0.343 bits per heavy atom. The van der Waals surface area contributed by atoms with Gasteiger partial charge in [0.2, 0.25) is 0 Å². The number of nitrogens with zero attached hydrogens (tertiary/aromatic N) is 1. The van der Waals surface area contributed by atoms with Gasteiger partial charge in [0.1, 0.15) is 0 Å². The zero-order valence-corrected chi connectivity index (χ0v) is 23.0. The number of hydrogen-bond donors (Lipinski definition) is 0. The Labute approximate surface area is 215 Å². The molecule has 0 amide bonds. The molecular weight excluding hydrogens is 454 g/mol. The van der Waals surface area contributed by atoms with Crippen LogP contribution in [0.1, 0.15) is 45.4 Å². The third-order valence-corrected chi connectivity index (χ3v) is 4.93. The molecule has 9 nitrogen and oxygen atoms in total. The van der Waals surface area contributed by atoms with Crippen molar-refractivity contribution in [2.45, 2.75) is 45.4 Å². The maximum Gasteiger partial charge on any atom is 0.0701 e. The Hall–Kier alpha value is -0.360. The highest BCUT2D eigenvalue weighted by molar-refractivity contribution is 4.44. The highest BCUT2D eigenvalue weighted by Gasteiger charge is 1.96. The largest absolute Gasteiger partial charge is 0.379 e. The number of unbranched alkanes of at least 4 members (excludes halogenated alkanes) is 5. The first-order valence-corrected chi connectivity index (χ1v) is 13.5. The zero-order chi connectivity index (χ0) is 25.5. The molecule has 0 rings (SSSR count). The minimum Gasteiger partial charge on any atom is -0.379 e. The topological polar surface area (TPSA) is 77.1 Å². The van der Waals surface area contributed by atoms with Gasteiger partial charge in [-0.15, -0.1) is 0 Å². The lowest BCUT2D eigenvalue weighted by Gasteiger charge is -2.10. The average molecular weight is 510 g/mol. The van der Waals surface area contributed by atoms with Crippen molar-refractivity contribution in [3.8, 4) is 0 Å². The SMILES string of the molecule is CCCCCCCCOCCOCCOCCOCCOCCOCCOCCOCCN(C)C. The van der Waals surface area contributed by atoms with Crippen LogP contribution in [0.5, 0.6) is 0 Å². The number of likely N-dealkylation sites (N-methyl/N-ethyl adjacent to an activating group) is 1. The Kier molecular flexibility index (Phi) is 31.3. The van der Waals surface area contributed by atoms with Gasteiger partial charge in [-0.05, 0) is 20.5 Å². The molecule has 0 heterocycles. The summed E-state index contributed by atoms with van der Waals surface area (Å²) in [5, 5.41) is 0. The van der Waals surface area contributed by atoms with Gasteiger partial charge in [0.05, 0.1) is 99.1 Å². The third-order valence-electron chi connectivity index (χ3n) is 4.93. The molecule has 0 bridgehead atoms. The molecule has 0 saturated heterocycles. The van der Waals surface area contributed by atoms with Crippen LogP contribution >= 0.6 is 0 Å². The quantitative estimate of drug-likeness (QED) is 0.131. The summed E-state index contributed by atoms with van der Waals surface area (Å²) in [4.78, 5) is 2.09. The van der Waals surface area contributed by atoms with Gasteiger partial charge < -0.3 is 42.8 Å². The van der Waals surface area contributed by atoms with E-state index in [0.29, 0.717) is 92.5 Å². The third kappa shape index (κ3) is 33.6. The standard InChI is InChI=1S/C26H55NO8/c1-4-5-6-7-8-9-11-28-13-15-30-17-19-32-21-23-34-25-26-35-24-22-33-20-18-31-16-14-29-12-10-27(2)3/h4-26H2,1-3H3. The molecule has 9 heteroatoms. The van der Waals surface area contributed by atoms with Crippen LogP contribution in [0.3, 0.4) is 0 Å². The van der Waals surface area contributed by atoms with Crippen molar-refractivity contribution >= 4 is 0 Å². The summed E-state index contributed by atoms with van der Waals surface area (Å²) in [5.41, 5.74) is 0. The van der Waals surface area contributed by atoms with E-state index in [-0.39, 0.29) is 0 Å². The predicted octanol–water partition coefficient (Wildman–Crippen LogP) is 3.04. The van der Waals surface area contributed by atoms with Crippen molar-refractivity contribution in [1.82, 2.24) is 4.90 Å². The molecule has 0 radical (unpaired) electrons. The second-order valence-electron chi connectivity index (χ2n) is 8.47. The number of ether oxygens (including phenoxy) is 8. The zero-order valence-electron chi connectivity index (χ0n) is 23.0. The first-order valence-electron chi connectivity index (χ1n) is 13.5. The lowest BCUT2D eigenvalue weighted by Crippen LogP contribution is -2.19. The monoisotopic (exact) mass is 509 g/mol. The number of rotatable bonds is 31. The molecule has 0 unspecified atom stereocenters. The molecule has 35 heavy (non-hydrogen) atoms. The summed E-state index contributed by atoms with van der Waals surface area (Å²) in [6, 6.07) is 0. The van der Waals surface area contributed by atoms with Crippen molar-refractivity contribution in [2.24, 2.45) is 0 Å². The number of hydrogen-bond acceptors (Lipinski definition) is 9. The highest BCUT2D eigenvalue weighted by Crippen LogP contribution is 2.04. The van der Waals surface area contributed by atoms with Crippen molar-refractivity contribution < 1.29 is 37.9 Å². The maximum absolute atomic E-state index is 5.57. The summed E-state index contributed by atoms with van der Waals surface area (Å²) in [6.07, 6.45) is 7.72. The van der Waals surface area contributed by atoms with Crippen LogP contribution in [0.25, 0.3) is 0 Å². The highest BCUT2D eigenvalue weighted by atomic mass is 16.6. The summed E-state index contributed by atoms with van der Waals surface area (Å²) >= 11 is 0. The first-order chi connectivity index (χ1) is 17.3. The van der Waals surface area contributed by atoms with E-state index in [9.17, 15) is 0 Å². The van der Waals surface area contributed by atoms with E-state index in [2.05, 4.69) is 11.8 Å². The summed E-state index contributed by atoms with van der Waals surface area (Å²) < 4.78 is 43.8. The van der Waals surface area contributed by atoms with Gasteiger partial charge in [0.25, 0.3) is 0 Å². The molecule has 0 aromatic rings. The minimum atomic E-state index is 0.548. The van der Waals surface area contributed by atoms with Crippen LogP contribution < -0.4 is 0 Å². The molecule has 0 spiro atoms. The lowest BCUT2D eigenvalue weighted by molar-refractivity contribution is -0.0233. The van der Waals surface area contributed by atoms with Gasteiger partial charge >= 0.3 is 0 Å². The van der Waals surface area contributed by atoms with Crippen molar-refractivity contribution in [2.75, 3.05) is 126 Å². The van der Waals surface area contributed by atoms with E-state index in [0.717, 1.165) is 26.2 Å². The molecule has 0 aromatic carbocycles. The molecule has 0 saturated carbocycles. The van der Waals surface area contributed by atoms with Crippen LogP contribution in [0.15, 0.2) is 0 Å². The van der Waals surface area contributed by atoms with Gasteiger partial charge in [-0.1, -0.05) is 39.0 Å². The van der Waals surface area contributed by atoms with Crippen LogP contribution in [0.2, 0.25) is 0 Å². The van der Waals surface area contributed by atoms with E-state index in [4.69, 9.17) is 37.9 Å². The van der Waals surface area contributed by atoms with E-state index < -0.39 is 0 Å². The molecule has 0 fully saturated rings. The van der Waals surface area contributed by atoms with E-state index >= 15 is 0 Å². The van der Waals surface area contributed by atoms with Gasteiger partial charge in [-0.3, -0.25) is 0 Å². The molecule has 0 aromatic heterocycles. The molecule has 0 aliphatic rings.